The smallest absolute Gasteiger partial charge is 0.263 e. The molecule has 0 aliphatic carbocycles. The van der Waals surface area contributed by atoms with Gasteiger partial charge in [0.2, 0.25) is 0 Å². The lowest BCUT2D eigenvalue weighted by Gasteiger charge is -2.23. The minimum Gasteiger partial charge on any atom is -0.345 e. The molecule has 1 amide bonds. The summed E-state index contributed by atoms with van der Waals surface area (Å²) in [6.45, 7) is 4.72. The van der Waals surface area contributed by atoms with Crippen LogP contribution in [0, 0.1) is 12.8 Å². The van der Waals surface area contributed by atoms with Crippen molar-refractivity contribution < 1.29 is 4.79 Å². The van der Waals surface area contributed by atoms with Gasteiger partial charge in [0.1, 0.15) is 10.6 Å². The van der Waals surface area contributed by atoms with Gasteiger partial charge in [-0.2, -0.15) is 0 Å². The van der Waals surface area contributed by atoms with Crippen LogP contribution < -0.4 is 16.2 Å². The average Bonchev–Trinajstić information content (AvgIpc) is 3.12. The second-order valence-corrected chi connectivity index (χ2v) is 8.42. The summed E-state index contributed by atoms with van der Waals surface area (Å²) in [6.07, 6.45) is 4.03. The summed E-state index contributed by atoms with van der Waals surface area (Å²) in [7, 11) is 0. The Balaban J connectivity index is 0.00000160. The number of carbonyl (C=O) groups is 1. The van der Waals surface area contributed by atoms with Gasteiger partial charge in [-0.25, -0.2) is 4.98 Å². The van der Waals surface area contributed by atoms with Gasteiger partial charge in [-0.05, 0) is 62.5 Å². The summed E-state index contributed by atoms with van der Waals surface area (Å²) >= 11 is 1.55. The molecule has 0 saturated carbocycles. The molecular weight excluding hydrogens is 443 g/mol. The van der Waals surface area contributed by atoms with Gasteiger partial charge < -0.3 is 15.2 Å². The minimum atomic E-state index is -0.335. The lowest BCUT2D eigenvalue weighted by molar-refractivity contribution is 0.0948. The third kappa shape index (κ3) is 5.40. The zero-order valence-electron chi connectivity index (χ0n) is 16.7. The molecule has 0 bridgehead atoms. The second-order valence-electron chi connectivity index (χ2n) is 7.30. The number of nitrogens with one attached hydrogen (secondary N) is 2. The zero-order chi connectivity index (χ0) is 19.5. The Morgan fingerprint density at radius 3 is 2.83 bits per heavy atom. The Morgan fingerprint density at radius 2 is 2.10 bits per heavy atom. The lowest BCUT2D eigenvalue weighted by atomic mass is 9.99. The summed E-state index contributed by atoms with van der Waals surface area (Å²) in [5.74, 6) is 0.0886. The predicted molar refractivity (Wildman–Crippen MR) is 126 cm³/mol. The molecule has 1 saturated heterocycles. The van der Waals surface area contributed by atoms with Crippen LogP contribution in [0.25, 0.3) is 10.2 Å². The Bertz CT molecular complexity index is 1030. The first kappa shape index (κ1) is 24.3. The van der Waals surface area contributed by atoms with Crippen LogP contribution in [0.2, 0.25) is 0 Å². The van der Waals surface area contributed by atoms with E-state index in [2.05, 4.69) is 15.6 Å². The van der Waals surface area contributed by atoms with Crippen LogP contribution in [0.4, 0.5) is 0 Å². The summed E-state index contributed by atoms with van der Waals surface area (Å²) in [5.41, 5.74) is 1.64. The fourth-order valence-electron chi connectivity index (χ4n) is 3.68. The van der Waals surface area contributed by atoms with E-state index in [9.17, 15) is 9.59 Å². The number of nitrogens with zero attached hydrogens (tertiary/aromatic N) is 2. The number of fused-ring (bicyclic) bond motifs is 1. The van der Waals surface area contributed by atoms with E-state index in [0.29, 0.717) is 24.6 Å². The fraction of sp³-hybridized carbons (Fsp3) is 0.381. The number of aromatic nitrogens is 2. The number of para-hydroxylation sites is 1. The van der Waals surface area contributed by atoms with Crippen LogP contribution in [0.5, 0.6) is 0 Å². The molecular formula is C21H26Cl2N4O2S. The monoisotopic (exact) mass is 468 g/mol. The van der Waals surface area contributed by atoms with E-state index in [1.165, 1.54) is 0 Å². The predicted octanol–water partition coefficient (Wildman–Crippen LogP) is 3.54. The summed E-state index contributed by atoms with van der Waals surface area (Å²) in [5, 5.41) is 7.07. The van der Waals surface area contributed by atoms with Crippen LogP contribution in [-0.2, 0) is 13.1 Å². The molecule has 0 spiro atoms. The highest BCUT2D eigenvalue weighted by Gasteiger charge is 2.19. The maximum absolute atomic E-state index is 12.9. The molecule has 3 heterocycles. The SMILES string of the molecule is Cc1ccn(CC2CCCNC2)c(=O)c1C(=O)NCc1nc2ccccc2s1.Cl.Cl. The molecule has 0 radical (unpaired) electrons. The van der Waals surface area contributed by atoms with Crippen molar-refractivity contribution in [1.29, 1.82) is 0 Å². The van der Waals surface area contributed by atoms with Crippen LogP contribution in [0.15, 0.2) is 41.3 Å². The number of rotatable bonds is 5. The molecule has 1 atom stereocenters. The third-order valence-electron chi connectivity index (χ3n) is 5.19. The first-order valence-electron chi connectivity index (χ1n) is 9.65. The number of carbonyl (C=O) groups excluding carboxylic acids is 1. The largest absolute Gasteiger partial charge is 0.345 e. The maximum atomic E-state index is 12.9. The van der Waals surface area contributed by atoms with Crippen molar-refractivity contribution in [3.05, 3.63) is 63.0 Å². The molecule has 1 fully saturated rings. The van der Waals surface area contributed by atoms with E-state index in [1.807, 2.05) is 30.3 Å². The topological polar surface area (TPSA) is 76.0 Å². The van der Waals surface area contributed by atoms with Crippen LogP contribution >= 0.6 is 36.2 Å². The highest BCUT2D eigenvalue weighted by Crippen LogP contribution is 2.21. The molecule has 2 N–H and O–H groups in total. The van der Waals surface area contributed by atoms with Gasteiger partial charge >= 0.3 is 0 Å². The van der Waals surface area contributed by atoms with Gasteiger partial charge in [-0.1, -0.05) is 12.1 Å². The quantitative estimate of drug-likeness (QED) is 0.600. The van der Waals surface area contributed by atoms with E-state index >= 15 is 0 Å². The van der Waals surface area contributed by atoms with Crippen molar-refractivity contribution in [3.8, 4) is 0 Å². The molecule has 1 aliphatic rings. The van der Waals surface area contributed by atoms with Crippen molar-refractivity contribution >= 4 is 52.3 Å². The van der Waals surface area contributed by atoms with E-state index in [1.54, 1.807) is 29.0 Å². The minimum absolute atomic E-state index is 0. The fourth-order valence-corrected chi connectivity index (χ4v) is 4.59. The number of thiazole rings is 1. The molecule has 6 nitrogen and oxygen atoms in total. The van der Waals surface area contributed by atoms with Gasteiger partial charge in [-0.3, -0.25) is 9.59 Å². The molecule has 4 rings (SSSR count). The number of benzene rings is 1. The Hall–Kier alpha value is -1.93. The van der Waals surface area contributed by atoms with Crippen molar-refractivity contribution in [2.24, 2.45) is 5.92 Å². The van der Waals surface area contributed by atoms with E-state index in [4.69, 9.17) is 0 Å². The number of halogens is 2. The highest BCUT2D eigenvalue weighted by atomic mass is 35.5. The van der Waals surface area contributed by atoms with Crippen molar-refractivity contribution in [2.75, 3.05) is 13.1 Å². The van der Waals surface area contributed by atoms with Crippen molar-refractivity contribution in [1.82, 2.24) is 20.2 Å². The number of pyridine rings is 1. The summed E-state index contributed by atoms with van der Waals surface area (Å²) in [4.78, 5) is 30.2. The van der Waals surface area contributed by atoms with Crippen LogP contribution in [0.1, 0.15) is 33.8 Å². The molecule has 162 valence electrons. The van der Waals surface area contributed by atoms with E-state index in [0.717, 1.165) is 41.2 Å². The number of amides is 1. The van der Waals surface area contributed by atoms with E-state index < -0.39 is 0 Å². The van der Waals surface area contributed by atoms with Crippen LogP contribution in [-0.4, -0.2) is 28.5 Å². The first-order chi connectivity index (χ1) is 13.6. The van der Waals surface area contributed by atoms with Gasteiger partial charge in [-0.15, -0.1) is 36.2 Å². The summed E-state index contributed by atoms with van der Waals surface area (Å²) < 4.78 is 2.77. The molecule has 1 unspecified atom stereocenters. The van der Waals surface area contributed by atoms with Gasteiger partial charge in [0, 0.05) is 12.7 Å². The highest BCUT2D eigenvalue weighted by molar-refractivity contribution is 7.18. The number of piperidine rings is 1. The molecule has 1 aromatic carbocycles. The normalized spacial score (nSPS) is 15.8. The lowest BCUT2D eigenvalue weighted by Crippen LogP contribution is -2.37. The second kappa shape index (κ2) is 10.9. The molecule has 30 heavy (non-hydrogen) atoms. The Labute approximate surface area is 191 Å². The van der Waals surface area contributed by atoms with E-state index in [-0.39, 0.29) is 41.8 Å². The van der Waals surface area contributed by atoms with Gasteiger partial charge in [0.05, 0.1) is 16.8 Å². The maximum Gasteiger partial charge on any atom is 0.263 e. The average molecular weight is 469 g/mol. The Kier molecular flexibility index (Phi) is 8.85. The third-order valence-corrected chi connectivity index (χ3v) is 6.23. The molecule has 9 heteroatoms. The van der Waals surface area contributed by atoms with Crippen molar-refractivity contribution in [3.63, 3.8) is 0 Å². The van der Waals surface area contributed by atoms with Gasteiger partial charge in [0.15, 0.2) is 0 Å². The Morgan fingerprint density at radius 1 is 1.30 bits per heavy atom. The number of hydrogen-bond acceptors (Lipinski definition) is 5. The number of hydrogen-bond donors (Lipinski definition) is 2. The van der Waals surface area contributed by atoms with Gasteiger partial charge in [0.25, 0.3) is 11.5 Å². The number of aryl methyl sites for hydroxylation is 1. The van der Waals surface area contributed by atoms with Crippen LogP contribution in [0.3, 0.4) is 0 Å². The molecule has 2 aromatic heterocycles. The molecule has 3 aromatic rings. The molecule has 1 aliphatic heterocycles. The summed E-state index contributed by atoms with van der Waals surface area (Å²) in [6, 6.07) is 9.74. The van der Waals surface area contributed by atoms with Crippen molar-refractivity contribution in [2.45, 2.75) is 32.9 Å². The standard InChI is InChI=1S/C21H24N4O2S.2ClH/c1-14-8-10-25(13-15-5-4-9-22-11-15)21(27)19(14)20(26)23-12-18-24-16-6-2-3-7-17(16)28-18;;/h2-3,6-8,10,15,22H,4-5,9,11-13H2,1H3,(H,23,26);2*1H. The zero-order valence-corrected chi connectivity index (χ0v) is 19.2. The first-order valence-corrected chi connectivity index (χ1v) is 10.5.